The van der Waals surface area contributed by atoms with Crippen LogP contribution in [0, 0.1) is 5.82 Å². The molecule has 0 unspecified atom stereocenters. The molecule has 0 saturated carbocycles. The number of hydrogen-bond acceptors (Lipinski definition) is 5. The van der Waals surface area contributed by atoms with Crippen molar-refractivity contribution in [2.75, 3.05) is 5.43 Å². The molecule has 0 aliphatic carbocycles. The fraction of sp³-hybridized carbons (Fsp3) is 0.400. The van der Waals surface area contributed by atoms with Gasteiger partial charge in [0, 0.05) is 13.6 Å². The predicted octanol–water partition coefficient (Wildman–Crippen LogP) is 2.98. The second kappa shape index (κ2) is 9.31. The summed E-state index contributed by atoms with van der Waals surface area (Å²) in [5.74, 6) is 0.0562. The molecule has 0 aliphatic heterocycles. The molecule has 0 bridgehead atoms. The van der Waals surface area contributed by atoms with Crippen LogP contribution in [0.1, 0.15) is 44.6 Å². The molecule has 0 atom stereocenters. The highest BCUT2D eigenvalue weighted by Gasteiger charge is 2.16. The number of hydrogen-bond donors (Lipinski definition) is 2. The lowest BCUT2D eigenvalue weighted by Gasteiger charge is -2.08. The normalized spacial score (nSPS) is 11.6. The van der Waals surface area contributed by atoms with Gasteiger partial charge in [0.15, 0.2) is 11.2 Å². The first kappa shape index (κ1) is 20.5. The number of fused-ring (bicyclic) bond motifs is 1. The fourth-order valence-electron chi connectivity index (χ4n) is 3.12. The first-order chi connectivity index (χ1) is 14.0. The lowest BCUT2D eigenvalue weighted by Crippen LogP contribution is -2.29. The van der Waals surface area contributed by atoms with Crippen molar-refractivity contribution < 1.29 is 4.39 Å². The second-order valence-electron chi connectivity index (χ2n) is 6.91. The van der Waals surface area contributed by atoms with Gasteiger partial charge in [-0.2, -0.15) is 10.1 Å². The van der Waals surface area contributed by atoms with Gasteiger partial charge in [0.05, 0.1) is 6.21 Å². The number of aryl methyl sites for hydroxylation is 2. The van der Waals surface area contributed by atoms with Gasteiger partial charge in [-0.05, 0) is 24.1 Å². The molecule has 2 heterocycles. The molecule has 8 nitrogen and oxygen atoms in total. The number of benzene rings is 1. The third-order valence-corrected chi connectivity index (χ3v) is 4.74. The van der Waals surface area contributed by atoms with Crippen LogP contribution in [-0.4, -0.2) is 25.3 Å². The Bertz CT molecular complexity index is 1110. The Morgan fingerprint density at radius 1 is 1.17 bits per heavy atom. The van der Waals surface area contributed by atoms with Crippen LogP contribution in [0.4, 0.5) is 10.3 Å². The third kappa shape index (κ3) is 4.79. The van der Waals surface area contributed by atoms with Crippen LogP contribution in [0.15, 0.2) is 39.0 Å². The largest absolute Gasteiger partial charge is 0.329 e. The number of aromatic amines is 1. The molecule has 0 fully saturated rings. The molecular weight excluding hydrogens is 375 g/mol. The van der Waals surface area contributed by atoms with Crippen LogP contribution in [0.2, 0.25) is 0 Å². The van der Waals surface area contributed by atoms with Crippen LogP contribution < -0.4 is 16.7 Å². The van der Waals surface area contributed by atoms with Gasteiger partial charge >= 0.3 is 5.69 Å². The molecule has 154 valence electrons. The molecule has 0 saturated heterocycles. The van der Waals surface area contributed by atoms with E-state index in [9.17, 15) is 14.0 Å². The van der Waals surface area contributed by atoms with E-state index in [4.69, 9.17) is 0 Å². The Balaban J connectivity index is 1.89. The van der Waals surface area contributed by atoms with E-state index in [2.05, 4.69) is 27.4 Å². The third-order valence-electron chi connectivity index (χ3n) is 4.74. The molecule has 0 spiro atoms. The predicted molar refractivity (Wildman–Crippen MR) is 112 cm³/mol. The van der Waals surface area contributed by atoms with Crippen LogP contribution in [0.3, 0.4) is 0 Å². The molecule has 29 heavy (non-hydrogen) atoms. The second-order valence-corrected chi connectivity index (χ2v) is 6.91. The van der Waals surface area contributed by atoms with Gasteiger partial charge in [-0.1, -0.05) is 44.7 Å². The average molecular weight is 400 g/mol. The van der Waals surface area contributed by atoms with Crippen molar-refractivity contribution in [3.63, 3.8) is 0 Å². The smallest absolute Gasteiger partial charge is 0.303 e. The van der Waals surface area contributed by atoms with Gasteiger partial charge < -0.3 is 4.57 Å². The van der Waals surface area contributed by atoms with Crippen LogP contribution in [0.25, 0.3) is 11.2 Å². The zero-order chi connectivity index (χ0) is 20.8. The summed E-state index contributed by atoms with van der Waals surface area (Å²) in [4.78, 5) is 31.1. The SMILES string of the molecule is CCCCCCCn1c(NN=Cc2ccc(F)cc2)nc2c1c(=O)[nH]c(=O)n2C. The van der Waals surface area contributed by atoms with Crippen molar-refractivity contribution in [3.05, 3.63) is 56.5 Å². The summed E-state index contributed by atoms with van der Waals surface area (Å²) in [5, 5.41) is 4.16. The summed E-state index contributed by atoms with van der Waals surface area (Å²) in [5.41, 5.74) is 3.21. The quantitative estimate of drug-likeness (QED) is 0.328. The monoisotopic (exact) mass is 400 g/mol. The maximum atomic E-state index is 13.0. The molecule has 2 N–H and O–H groups in total. The Morgan fingerprint density at radius 3 is 2.62 bits per heavy atom. The van der Waals surface area contributed by atoms with Crippen molar-refractivity contribution in [1.82, 2.24) is 19.1 Å². The van der Waals surface area contributed by atoms with Crippen molar-refractivity contribution in [1.29, 1.82) is 0 Å². The number of halogens is 1. The number of imidazole rings is 1. The molecule has 3 aromatic rings. The maximum absolute atomic E-state index is 13.0. The number of nitrogens with zero attached hydrogens (tertiary/aromatic N) is 4. The average Bonchev–Trinajstić information content (AvgIpc) is 3.07. The van der Waals surface area contributed by atoms with E-state index in [1.807, 2.05) is 0 Å². The highest BCUT2D eigenvalue weighted by Crippen LogP contribution is 2.17. The highest BCUT2D eigenvalue weighted by atomic mass is 19.1. The summed E-state index contributed by atoms with van der Waals surface area (Å²) in [6.07, 6.45) is 6.91. The molecule has 0 radical (unpaired) electrons. The van der Waals surface area contributed by atoms with Gasteiger partial charge in [-0.3, -0.25) is 14.3 Å². The van der Waals surface area contributed by atoms with E-state index in [1.54, 1.807) is 23.7 Å². The number of aromatic nitrogens is 4. The van der Waals surface area contributed by atoms with Crippen molar-refractivity contribution in [2.45, 2.75) is 45.6 Å². The fourth-order valence-corrected chi connectivity index (χ4v) is 3.12. The highest BCUT2D eigenvalue weighted by molar-refractivity contribution is 5.80. The van der Waals surface area contributed by atoms with Crippen LogP contribution in [-0.2, 0) is 13.6 Å². The van der Waals surface area contributed by atoms with Crippen LogP contribution >= 0.6 is 0 Å². The molecule has 9 heteroatoms. The van der Waals surface area contributed by atoms with E-state index < -0.39 is 11.2 Å². The lowest BCUT2D eigenvalue weighted by atomic mass is 10.1. The van der Waals surface area contributed by atoms with Gasteiger partial charge in [0.25, 0.3) is 5.56 Å². The molecule has 1 aromatic carbocycles. The minimum atomic E-state index is -0.517. The summed E-state index contributed by atoms with van der Waals surface area (Å²) < 4.78 is 16.1. The summed E-state index contributed by atoms with van der Waals surface area (Å²) in [7, 11) is 1.56. The summed E-state index contributed by atoms with van der Waals surface area (Å²) >= 11 is 0. The molecule has 2 aromatic heterocycles. The minimum Gasteiger partial charge on any atom is -0.303 e. The first-order valence-corrected chi connectivity index (χ1v) is 9.75. The van der Waals surface area contributed by atoms with Gasteiger partial charge in [-0.15, -0.1) is 0 Å². The standard InChI is InChI=1S/C20H25FN6O2/c1-3-4-5-6-7-12-27-16-17(26(2)20(29)24-18(16)28)23-19(27)25-22-13-14-8-10-15(21)11-9-14/h8-11,13H,3-7,12H2,1-2H3,(H,23,25)(H,24,28,29). The van der Waals surface area contributed by atoms with Crippen molar-refractivity contribution in [2.24, 2.45) is 12.1 Å². The number of nitrogens with one attached hydrogen (secondary N) is 2. The number of H-pyrrole nitrogens is 1. The van der Waals surface area contributed by atoms with E-state index in [0.29, 0.717) is 29.2 Å². The van der Waals surface area contributed by atoms with E-state index >= 15 is 0 Å². The number of hydrazone groups is 1. The minimum absolute atomic E-state index is 0.298. The topological polar surface area (TPSA) is 97.1 Å². The van der Waals surface area contributed by atoms with Gasteiger partial charge in [0.2, 0.25) is 5.95 Å². The molecule has 3 rings (SSSR count). The Hall–Kier alpha value is -3.23. The van der Waals surface area contributed by atoms with Gasteiger partial charge in [0.1, 0.15) is 5.82 Å². The Kier molecular flexibility index (Phi) is 6.58. The van der Waals surface area contributed by atoms with E-state index in [1.165, 1.54) is 29.3 Å². The number of unbranched alkanes of at least 4 members (excludes halogenated alkanes) is 4. The van der Waals surface area contributed by atoms with Crippen molar-refractivity contribution in [3.8, 4) is 0 Å². The number of anilines is 1. The summed E-state index contributed by atoms with van der Waals surface area (Å²) in [6, 6.07) is 5.90. The molecular formula is C20H25FN6O2. The van der Waals surface area contributed by atoms with Crippen LogP contribution in [0.5, 0.6) is 0 Å². The molecule has 0 aliphatic rings. The number of rotatable bonds is 9. The first-order valence-electron chi connectivity index (χ1n) is 9.75. The van der Waals surface area contributed by atoms with Crippen molar-refractivity contribution >= 4 is 23.3 Å². The maximum Gasteiger partial charge on any atom is 0.329 e. The van der Waals surface area contributed by atoms with E-state index in [0.717, 1.165) is 25.7 Å². The molecule has 0 amide bonds. The van der Waals surface area contributed by atoms with Gasteiger partial charge in [-0.25, -0.2) is 14.6 Å². The Labute approximate surface area is 167 Å². The lowest BCUT2D eigenvalue weighted by molar-refractivity contribution is 0.577. The zero-order valence-electron chi connectivity index (χ0n) is 16.6. The van der Waals surface area contributed by atoms with E-state index in [-0.39, 0.29) is 5.82 Å². The Morgan fingerprint density at radius 2 is 1.90 bits per heavy atom. The summed E-state index contributed by atoms with van der Waals surface area (Å²) in [6.45, 7) is 2.74. The zero-order valence-corrected chi connectivity index (χ0v) is 16.6.